The molecule has 1 spiro atoms. The molecule has 2 heterocycles. The van der Waals surface area contributed by atoms with Gasteiger partial charge in [0.15, 0.2) is 0 Å². The first-order valence-electron chi connectivity index (χ1n) is 7.97. The van der Waals surface area contributed by atoms with Crippen LogP contribution in [0.15, 0.2) is 18.2 Å². The second-order valence-corrected chi connectivity index (χ2v) is 6.82. The van der Waals surface area contributed by atoms with Gasteiger partial charge >= 0.3 is 0 Å². The largest absolute Gasteiger partial charge is 0.496 e. The highest BCUT2D eigenvalue weighted by atomic mass is 35.5. The number of nitrogens with zero attached hydrogens (tertiary/aromatic N) is 1. The predicted molar refractivity (Wildman–Crippen MR) is 94.9 cm³/mol. The summed E-state index contributed by atoms with van der Waals surface area (Å²) >= 11 is 5.97. The molecule has 6 heteroatoms. The van der Waals surface area contributed by atoms with Crippen molar-refractivity contribution in [2.45, 2.75) is 25.7 Å². The average molecular weight is 359 g/mol. The van der Waals surface area contributed by atoms with E-state index in [1.807, 2.05) is 4.90 Å². The van der Waals surface area contributed by atoms with Crippen LogP contribution in [0.1, 0.15) is 36.0 Å². The number of rotatable bonds is 2. The lowest BCUT2D eigenvalue weighted by molar-refractivity contribution is 0.0493. The maximum atomic E-state index is 12.8. The first kappa shape index (κ1) is 18.4. The summed E-state index contributed by atoms with van der Waals surface area (Å²) in [5, 5.41) is 4.01. The topological polar surface area (TPSA) is 41.6 Å². The number of nitrogens with one attached hydrogen (secondary N) is 1. The van der Waals surface area contributed by atoms with E-state index in [1.165, 1.54) is 12.8 Å². The molecule has 0 saturated carbocycles. The van der Waals surface area contributed by atoms with Crippen molar-refractivity contribution >= 4 is 29.9 Å². The van der Waals surface area contributed by atoms with Crippen molar-refractivity contribution in [3.8, 4) is 5.75 Å². The normalized spacial score (nSPS) is 20.0. The molecule has 0 radical (unpaired) electrons. The van der Waals surface area contributed by atoms with Crippen molar-refractivity contribution in [2.24, 2.45) is 5.41 Å². The van der Waals surface area contributed by atoms with Gasteiger partial charge < -0.3 is 15.0 Å². The van der Waals surface area contributed by atoms with Crippen LogP contribution in [0.3, 0.4) is 0 Å². The number of piperidine rings is 2. The van der Waals surface area contributed by atoms with E-state index in [2.05, 4.69) is 5.32 Å². The first-order valence-corrected chi connectivity index (χ1v) is 8.35. The molecule has 23 heavy (non-hydrogen) atoms. The highest BCUT2D eigenvalue weighted by molar-refractivity contribution is 6.30. The summed E-state index contributed by atoms with van der Waals surface area (Å²) in [5.74, 6) is 0.608. The molecule has 1 aromatic rings. The van der Waals surface area contributed by atoms with Gasteiger partial charge in [-0.1, -0.05) is 11.6 Å². The zero-order valence-electron chi connectivity index (χ0n) is 13.4. The molecule has 2 aliphatic heterocycles. The molecule has 0 unspecified atom stereocenters. The Morgan fingerprint density at radius 3 is 2.48 bits per heavy atom. The lowest BCUT2D eigenvalue weighted by atomic mass is 9.71. The molecule has 4 nitrogen and oxygen atoms in total. The number of halogens is 2. The van der Waals surface area contributed by atoms with Crippen molar-refractivity contribution in [3.05, 3.63) is 28.8 Å². The standard InChI is InChI=1S/C17H23ClN2O2.ClH/c1-22-15-12-13(18)2-3-14(15)16(21)20-10-6-17(7-11-20)4-8-19-9-5-17;/h2-3,12,19H,4-11H2,1H3;1H. The van der Waals surface area contributed by atoms with Crippen molar-refractivity contribution in [3.63, 3.8) is 0 Å². The van der Waals surface area contributed by atoms with E-state index in [0.29, 0.717) is 21.8 Å². The van der Waals surface area contributed by atoms with Gasteiger partial charge in [-0.3, -0.25) is 4.79 Å². The van der Waals surface area contributed by atoms with Gasteiger partial charge in [-0.25, -0.2) is 0 Å². The van der Waals surface area contributed by atoms with Gasteiger partial charge in [0, 0.05) is 18.1 Å². The number of carbonyl (C=O) groups excluding carboxylic acids is 1. The van der Waals surface area contributed by atoms with Gasteiger partial charge in [0.25, 0.3) is 5.91 Å². The van der Waals surface area contributed by atoms with E-state index >= 15 is 0 Å². The Hall–Kier alpha value is -0.970. The number of likely N-dealkylation sites (tertiary alicyclic amines) is 1. The maximum Gasteiger partial charge on any atom is 0.257 e. The minimum absolute atomic E-state index is 0. The van der Waals surface area contributed by atoms with E-state index in [1.54, 1.807) is 25.3 Å². The second kappa shape index (κ2) is 7.73. The third-order valence-corrected chi connectivity index (χ3v) is 5.40. The predicted octanol–water partition coefficient (Wildman–Crippen LogP) is 3.38. The van der Waals surface area contributed by atoms with Crippen LogP contribution >= 0.6 is 24.0 Å². The van der Waals surface area contributed by atoms with E-state index in [0.717, 1.165) is 39.0 Å². The molecular weight excluding hydrogens is 335 g/mol. The number of hydrogen-bond acceptors (Lipinski definition) is 3. The van der Waals surface area contributed by atoms with Gasteiger partial charge in [0.05, 0.1) is 12.7 Å². The van der Waals surface area contributed by atoms with Crippen LogP contribution in [-0.4, -0.2) is 44.1 Å². The lowest BCUT2D eigenvalue weighted by Crippen LogP contribution is -2.47. The Kier molecular flexibility index (Phi) is 6.18. The summed E-state index contributed by atoms with van der Waals surface area (Å²) in [4.78, 5) is 14.7. The van der Waals surface area contributed by atoms with Crippen molar-refractivity contribution < 1.29 is 9.53 Å². The van der Waals surface area contributed by atoms with Gasteiger partial charge in [-0.15, -0.1) is 12.4 Å². The molecule has 1 amide bonds. The summed E-state index contributed by atoms with van der Waals surface area (Å²) in [7, 11) is 1.57. The van der Waals surface area contributed by atoms with Crippen LogP contribution < -0.4 is 10.1 Å². The molecule has 1 aromatic carbocycles. The molecule has 2 fully saturated rings. The van der Waals surface area contributed by atoms with Gasteiger partial charge in [0.1, 0.15) is 5.75 Å². The second-order valence-electron chi connectivity index (χ2n) is 6.39. The Balaban J connectivity index is 0.00000192. The van der Waals surface area contributed by atoms with Gasteiger partial charge in [0.2, 0.25) is 0 Å². The Bertz CT molecular complexity index is 550. The van der Waals surface area contributed by atoms with E-state index in [4.69, 9.17) is 16.3 Å². The first-order chi connectivity index (χ1) is 10.6. The van der Waals surface area contributed by atoms with Crippen LogP contribution in [0, 0.1) is 5.41 Å². The number of hydrogen-bond donors (Lipinski definition) is 1. The Labute approximate surface area is 148 Å². The molecule has 3 rings (SSSR count). The highest BCUT2D eigenvalue weighted by Crippen LogP contribution is 2.40. The fourth-order valence-corrected chi connectivity index (χ4v) is 3.82. The molecule has 0 bridgehead atoms. The number of ether oxygens (including phenoxy) is 1. The summed E-state index contributed by atoms with van der Waals surface area (Å²) in [6, 6.07) is 5.21. The molecule has 0 aromatic heterocycles. The summed E-state index contributed by atoms with van der Waals surface area (Å²) < 4.78 is 5.31. The zero-order chi connectivity index (χ0) is 15.6. The van der Waals surface area contributed by atoms with E-state index < -0.39 is 0 Å². The van der Waals surface area contributed by atoms with Crippen molar-refractivity contribution in [2.75, 3.05) is 33.3 Å². The molecule has 0 atom stereocenters. The Morgan fingerprint density at radius 2 is 1.87 bits per heavy atom. The van der Waals surface area contributed by atoms with Crippen molar-refractivity contribution in [1.29, 1.82) is 0 Å². The molecule has 1 N–H and O–H groups in total. The fourth-order valence-electron chi connectivity index (χ4n) is 3.65. The monoisotopic (exact) mass is 358 g/mol. The summed E-state index contributed by atoms with van der Waals surface area (Å²) in [5.41, 5.74) is 1.06. The van der Waals surface area contributed by atoms with Crippen LogP contribution in [0.5, 0.6) is 5.75 Å². The lowest BCUT2D eigenvalue weighted by Gasteiger charge is -2.44. The number of carbonyl (C=O) groups is 1. The van der Waals surface area contributed by atoms with Gasteiger partial charge in [-0.2, -0.15) is 0 Å². The smallest absolute Gasteiger partial charge is 0.257 e. The van der Waals surface area contributed by atoms with E-state index in [-0.39, 0.29) is 18.3 Å². The maximum absolute atomic E-state index is 12.8. The van der Waals surface area contributed by atoms with Gasteiger partial charge in [-0.05, 0) is 62.4 Å². The molecule has 0 aliphatic carbocycles. The van der Waals surface area contributed by atoms with Crippen LogP contribution in [0.4, 0.5) is 0 Å². The third-order valence-electron chi connectivity index (χ3n) is 5.17. The average Bonchev–Trinajstić information content (AvgIpc) is 2.55. The van der Waals surface area contributed by atoms with Crippen LogP contribution in [0.2, 0.25) is 5.02 Å². The molecule has 2 aliphatic rings. The number of benzene rings is 1. The van der Waals surface area contributed by atoms with E-state index in [9.17, 15) is 4.79 Å². The van der Waals surface area contributed by atoms with Crippen LogP contribution in [-0.2, 0) is 0 Å². The molecule has 128 valence electrons. The number of methoxy groups -OCH3 is 1. The van der Waals surface area contributed by atoms with Crippen molar-refractivity contribution in [1.82, 2.24) is 10.2 Å². The van der Waals surface area contributed by atoms with Crippen LogP contribution in [0.25, 0.3) is 0 Å². The quantitative estimate of drug-likeness (QED) is 0.880. The number of amides is 1. The SMILES string of the molecule is COc1cc(Cl)ccc1C(=O)N1CCC2(CCNCC2)CC1.Cl. The zero-order valence-corrected chi connectivity index (χ0v) is 15.0. The highest BCUT2D eigenvalue weighted by Gasteiger charge is 2.37. The summed E-state index contributed by atoms with van der Waals surface area (Å²) in [6.07, 6.45) is 4.69. The minimum Gasteiger partial charge on any atom is -0.496 e. The minimum atomic E-state index is 0. The molecular formula is C17H24Cl2N2O2. The third kappa shape index (κ3) is 3.93. The fraction of sp³-hybridized carbons (Fsp3) is 0.588. The molecule has 2 saturated heterocycles. The summed E-state index contributed by atoms with van der Waals surface area (Å²) in [6.45, 7) is 3.90. The Morgan fingerprint density at radius 1 is 1.22 bits per heavy atom.